The summed E-state index contributed by atoms with van der Waals surface area (Å²) < 4.78 is 0. The molecule has 2 N–H and O–H groups in total. The van der Waals surface area contributed by atoms with Crippen LogP contribution in [0, 0.1) is 5.92 Å². The molecule has 1 aliphatic rings. The van der Waals surface area contributed by atoms with Crippen molar-refractivity contribution >= 4 is 5.91 Å². The third-order valence-electron chi connectivity index (χ3n) is 3.18. The van der Waals surface area contributed by atoms with Crippen LogP contribution in [0.4, 0.5) is 0 Å². The lowest BCUT2D eigenvalue weighted by Crippen LogP contribution is -2.34. The molecule has 1 saturated heterocycles. The van der Waals surface area contributed by atoms with Crippen molar-refractivity contribution in [1.29, 1.82) is 0 Å². The number of hydrogen-bond acceptors (Lipinski definition) is 2. The number of carbonyl (C=O) groups is 1. The van der Waals surface area contributed by atoms with Crippen molar-refractivity contribution in [2.75, 3.05) is 13.1 Å². The molecule has 0 saturated carbocycles. The molecule has 0 aromatic heterocycles. The zero-order chi connectivity index (χ0) is 10.6. The summed E-state index contributed by atoms with van der Waals surface area (Å²) in [6, 6.07) is 0.0446. The van der Waals surface area contributed by atoms with Crippen LogP contribution in [0.15, 0.2) is 0 Å². The minimum absolute atomic E-state index is 0.0446. The SMILES string of the molecule is CCC(N)CC(=O)N1CCC(CC)C1. The largest absolute Gasteiger partial charge is 0.342 e. The Labute approximate surface area is 86.6 Å². The number of carbonyl (C=O) groups excluding carboxylic acids is 1. The minimum Gasteiger partial charge on any atom is -0.342 e. The third-order valence-corrected chi connectivity index (χ3v) is 3.18. The van der Waals surface area contributed by atoms with Crippen LogP contribution in [0.1, 0.15) is 39.5 Å². The first-order valence-electron chi connectivity index (χ1n) is 5.70. The molecule has 1 rings (SSSR count). The van der Waals surface area contributed by atoms with Crippen molar-refractivity contribution < 1.29 is 4.79 Å². The summed E-state index contributed by atoms with van der Waals surface area (Å²) >= 11 is 0. The van der Waals surface area contributed by atoms with E-state index in [1.54, 1.807) is 0 Å². The first kappa shape index (κ1) is 11.5. The number of likely N-dealkylation sites (tertiary alicyclic amines) is 1. The second kappa shape index (κ2) is 5.35. The summed E-state index contributed by atoms with van der Waals surface area (Å²) in [5.41, 5.74) is 5.76. The van der Waals surface area contributed by atoms with Gasteiger partial charge in [-0.2, -0.15) is 0 Å². The van der Waals surface area contributed by atoms with E-state index >= 15 is 0 Å². The Morgan fingerprint density at radius 1 is 1.57 bits per heavy atom. The molecule has 0 aromatic carbocycles. The number of rotatable bonds is 4. The number of nitrogens with two attached hydrogens (primary N) is 1. The van der Waals surface area contributed by atoms with Crippen molar-refractivity contribution in [2.45, 2.75) is 45.6 Å². The molecule has 1 amide bonds. The van der Waals surface area contributed by atoms with E-state index in [4.69, 9.17) is 5.73 Å². The van der Waals surface area contributed by atoms with Gasteiger partial charge in [0.1, 0.15) is 0 Å². The Kier molecular flexibility index (Phi) is 4.39. The fourth-order valence-corrected chi connectivity index (χ4v) is 1.89. The second-order valence-electron chi connectivity index (χ2n) is 4.28. The normalized spacial score (nSPS) is 23.9. The van der Waals surface area contributed by atoms with Gasteiger partial charge in [-0.3, -0.25) is 4.79 Å². The molecule has 0 spiro atoms. The molecular weight excluding hydrogens is 176 g/mol. The van der Waals surface area contributed by atoms with Crippen molar-refractivity contribution in [1.82, 2.24) is 4.90 Å². The van der Waals surface area contributed by atoms with Crippen LogP contribution in [-0.4, -0.2) is 29.9 Å². The molecule has 0 aliphatic carbocycles. The highest BCUT2D eigenvalue weighted by Gasteiger charge is 2.25. The van der Waals surface area contributed by atoms with Gasteiger partial charge in [-0.05, 0) is 18.8 Å². The highest BCUT2D eigenvalue weighted by molar-refractivity contribution is 5.77. The first-order chi connectivity index (χ1) is 6.67. The maximum absolute atomic E-state index is 11.7. The lowest BCUT2D eigenvalue weighted by molar-refractivity contribution is -0.130. The van der Waals surface area contributed by atoms with Gasteiger partial charge in [-0.15, -0.1) is 0 Å². The van der Waals surface area contributed by atoms with E-state index < -0.39 is 0 Å². The van der Waals surface area contributed by atoms with Gasteiger partial charge in [0, 0.05) is 25.6 Å². The maximum Gasteiger partial charge on any atom is 0.224 e. The average molecular weight is 198 g/mol. The van der Waals surface area contributed by atoms with Crippen LogP contribution < -0.4 is 5.73 Å². The Hall–Kier alpha value is -0.570. The van der Waals surface area contributed by atoms with Crippen LogP contribution in [0.3, 0.4) is 0 Å². The van der Waals surface area contributed by atoms with E-state index in [0.717, 1.165) is 25.4 Å². The molecule has 0 aromatic rings. The summed E-state index contributed by atoms with van der Waals surface area (Å²) in [5, 5.41) is 0. The van der Waals surface area contributed by atoms with Gasteiger partial charge in [0.2, 0.25) is 5.91 Å². The van der Waals surface area contributed by atoms with E-state index in [2.05, 4.69) is 6.92 Å². The summed E-state index contributed by atoms with van der Waals surface area (Å²) in [7, 11) is 0. The average Bonchev–Trinajstić information content (AvgIpc) is 2.65. The topological polar surface area (TPSA) is 46.3 Å². The molecule has 3 nitrogen and oxygen atoms in total. The molecule has 3 heteroatoms. The lowest BCUT2D eigenvalue weighted by atomic mass is 10.1. The van der Waals surface area contributed by atoms with Crippen molar-refractivity contribution in [3.63, 3.8) is 0 Å². The number of hydrogen-bond donors (Lipinski definition) is 1. The Balaban J connectivity index is 2.32. The van der Waals surface area contributed by atoms with Crippen molar-refractivity contribution in [3.8, 4) is 0 Å². The molecule has 0 radical (unpaired) electrons. The lowest BCUT2D eigenvalue weighted by Gasteiger charge is -2.18. The van der Waals surface area contributed by atoms with E-state index in [1.807, 2.05) is 11.8 Å². The molecular formula is C11H22N2O. The zero-order valence-electron chi connectivity index (χ0n) is 9.33. The van der Waals surface area contributed by atoms with Crippen molar-refractivity contribution in [2.24, 2.45) is 11.7 Å². The maximum atomic E-state index is 11.7. The molecule has 14 heavy (non-hydrogen) atoms. The quantitative estimate of drug-likeness (QED) is 0.741. The van der Waals surface area contributed by atoms with Crippen LogP contribution in [0.5, 0.6) is 0 Å². The van der Waals surface area contributed by atoms with E-state index in [1.165, 1.54) is 12.8 Å². The molecule has 2 atom stereocenters. The van der Waals surface area contributed by atoms with Gasteiger partial charge in [0.05, 0.1) is 0 Å². The van der Waals surface area contributed by atoms with Gasteiger partial charge in [0.15, 0.2) is 0 Å². The number of amides is 1. The minimum atomic E-state index is 0.0446. The van der Waals surface area contributed by atoms with Gasteiger partial charge in [-0.1, -0.05) is 20.3 Å². The predicted molar refractivity (Wildman–Crippen MR) is 57.9 cm³/mol. The highest BCUT2D eigenvalue weighted by atomic mass is 16.2. The van der Waals surface area contributed by atoms with Crippen molar-refractivity contribution in [3.05, 3.63) is 0 Å². The summed E-state index contributed by atoms with van der Waals surface area (Å²) in [4.78, 5) is 13.7. The van der Waals surface area contributed by atoms with E-state index in [-0.39, 0.29) is 11.9 Å². The Bertz CT molecular complexity index is 194. The fourth-order valence-electron chi connectivity index (χ4n) is 1.89. The van der Waals surface area contributed by atoms with Crippen LogP contribution in [-0.2, 0) is 4.79 Å². The molecule has 0 bridgehead atoms. The van der Waals surface area contributed by atoms with Gasteiger partial charge in [0.25, 0.3) is 0 Å². The van der Waals surface area contributed by atoms with E-state index in [0.29, 0.717) is 6.42 Å². The Morgan fingerprint density at radius 2 is 2.29 bits per heavy atom. The predicted octanol–water partition coefficient (Wildman–Crippen LogP) is 1.37. The zero-order valence-corrected chi connectivity index (χ0v) is 9.33. The first-order valence-corrected chi connectivity index (χ1v) is 5.70. The molecule has 1 fully saturated rings. The monoisotopic (exact) mass is 198 g/mol. The standard InChI is InChI=1S/C11H22N2O/c1-3-9-5-6-13(8-9)11(14)7-10(12)4-2/h9-10H,3-8,12H2,1-2H3. The summed E-state index contributed by atoms with van der Waals surface area (Å²) in [6.45, 7) is 6.10. The highest BCUT2D eigenvalue weighted by Crippen LogP contribution is 2.19. The molecule has 2 unspecified atom stereocenters. The van der Waals surface area contributed by atoms with E-state index in [9.17, 15) is 4.79 Å². The summed E-state index contributed by atoms with van der Waals surface area (Å²) in [6.07, 6.45) is 3.76. The van der Waals surface area contributed by atoms with Gasteiger partial charge >= 0.3 is 0 Å². The van der Waals surface area contributed by atoms with Crippen LogP contribution in [0.25, 0.3) is 0 Å². The summed E-state index contributed by atoms with van der Waals surface area (Å²) in [5.74, 6) is 0.965. The van der Waals surface area contributed by atoms with Gasteiger partial charge < -0.3 is 10.6 Å². The van der Waals surface area contributed by atoms with Crippen LogP contribution >= 0.6 is 0 Å². The molecule has 1 aliphatic heterocycles. The fraction of sp³-hybridized carbons (Fsp3) is 0.909. The third kappa shape index (κ3) is 2.98. The Morgan fingerprint density at radius 3 is 2.79 bits per heavy atom. The van der Waals surface area contributed by atoms with Gasteiger partial charge in [-0.25, -0.2) is 0 Å². The smallest absolute Gasteiger partial charge is 0.224 e. The second-order valence-corrected chi connectivity index (χ2v) is 4.28. The number of nitrogens with zero attached hydrogens (tertiary/aromatic N) is 1. The van der Waals surface area contributed by atoms with Crippen LogP contribution in [0.2, 0.25) is 0 Å². The molecule has 1 heterocycles. The molecule has 82 valence electrons.